The first-order valence-electron chi connectivity index (χ1n) is 9.47. The van der Waals surface area contributed by atoms with E-state index >= 15 is 0 Å². The molecule has 4 rings (SSSR count). The van der Waals surface area contributed by atoms with Gasteiger partial charge in [0.05, 0.1) is 28.3 Å². The quantitative estimate of drug-likeness (QED) is 0.524. The number of aromatic nitrogens is 2. The van der Waals surface area contributed by atoms with Crippen molar-refractivity contribution in [3.63, 3.8) is 0 Å². The molecule has 32 heavy (non-hydrogen) atoms. The summed E-state index contributed by atoms with van der Waals surface area (Å²) in [5.74, 6) is -0.523. The van der Waals surface area contributed by atoms with Crippen molar-refractivity contribution in [3.8, 4) is 0 Å². The van der Waals surface area contributed by atoms with Crippen molar-refractivity contribution in [2.75, 3.05) is 16.0 Å². The van der Waals surface area contributed by atoms with Gasteiger partial charge in [-0.3, -0.25) is 19.2 Å². The number of aryl methyl sites for hydroxylation is 1. The second kappa shape index (κ2) is 9.60. The van der Waals surface area contributed by atoms with E-state index in [2.05, 4.69) is 15.4 Å². The summed E-state index contributed by atoms with van der Waals surface area (Å²) in [4.78, 5) is 31.6. The van der Waals surface area contributed by atoms with E-state index in [4.69, 9.17) is 23.2 Å². The number of benzene rings is 2. The summed E-state index contributed by atoms with van der Waals surface area (Å²) in [6.07, 6.45) is 5.11. The standard InChI is InChI=1S/C22H17Cl2N5O2S/c1-28-12-14(11-25-28)9-19-21(31)29(16-5-3-2-4-6-16)22(27-19)32-13-20(30)26-18-8-7-15(23)10-17(18)24/h2-12H,13H2,1H3,(H,26,30)/b19-9+. The first-order valence-corrected chi connectivity index (χ1v) is 11.2. The molecule has 162 valence electrons. The lowest BCUT2D eigenvalue weighted by Crippen LogP contribution is -2.31. The van der Waals surface area contributed by atoms with Gasteiger partial charge in [0.1, 0.15) is 5.70 Å². The Labute approximate surface area is 198 Å². The molecule has 0 unspecified atom stereocenters. The topological polar surface area (TPSA) is 79.6 Å². The lowest BCUT2D eigenvalue weighted by molar-refractivity contribution is -0.114. The Kier molecular flexibility index (Phi) is 6.64. The molecule has 0 radical (unpaired) electrons. The molecule has 2 amide bonds. The highest BCUT2D eigenvalue weighted by Crippen LogP contribution is 2.30. The highest BCUT2D eigenvalue weighted by atomic mass is 35.5. The first kappa shape index (κ1) is 22.1. The van der Waals surface area contributed by atoms with Crippen molar-refractivity contribution in [1.82, 2.24) is 9.78 Å². The number of nitrogens with zero attached hydrogens (tertiary/aromatic N) is 4. The van der Waals surface area contributed by atoms with E-state index in [1.54, 1.807) is 48.4 Å². The summed E-state index contributed by atoms with van der Waals surface area (Å²) in [6, 6.07) is 14.0. The van der Waals surface area contributed by atoms with Gasteiger partial charge in [0, 0.05) is 23.8 Å². The van der Waals surface area contributed by atoms with Crippen molar-refractivity contribution < 1.29 is 9.59 Å². The molecule has 0 saturated carbocycles. The molecule has 0 bridgehead atoms. The number of hydrogen-bond acceptors (Lipinski definition) is 5. The third-order valence-electron chi connectivity index (χ3n) is 4.41. The number of amides is 2. The zero-order valence-corrected chi connectivity index (χ0v) is 19.2. The number of carbonyl (C=O) groups excluding carboxylic acids is 2. The smallest absolute Gasteiger partial charge is 0.283 e. The van der Waals surface area contributed by atoms with Gasteiger partial charge in [0.25, 0.3) is 5.91 Å². The Hall–Kier alpha value is -3.07. The largest absolute Gasteiger partial charge is 0.324 e. The summed E-state index contributed by atoms with van der Waals surface area (Å²) in [7, 11) is 1.80. The summed E-state index contributed by atoms with van der Waals surface area (Å²) in [5, 5.41) is 8.09. The summed E-state index contributed by atoms with van der Waals surface area (Å²) >= 11 is 13.2. The van der Waals surface area contributed by atoms with Crippen LogP contribution in [0.3, 0.4) is 0 Å². The summed E-state index contributed by atoms with van der Waals surface area (Å²) in [6.45, 7) is 0. The van der Waals surface area contributed by atoms with Crippen LogP contribution in [-0.2, 0) is 16.6 Å². The Morgan fingerprint density at radius 2 is 1.97 bits per heavy atom. The second-order valence-electron chi connectivity index (χ2n) is 6.81. The minimum absolute atomic E-state index is 0.0363. The Bertz CT molecular complexity index is 1240. The normalized spacial score (nSPS) is 14.7. The predicted octanol–water partition coefficient (Wildman–Crippen LogP) is 4.84. The number of anilines is 2. The van der Waals surface area contributed by atoms with Crippen molar-refractivity contribution >= 4 is 69.4 Å². The van der Waals surface area contributed by atoms with Crippen molar-refractivity contribution in [2.45, 2.75) is 0 Å². The highest BCUT2D eigenvalue weighted by molar-refractivity contribution is 8.14. The fourth-order valence-corrected chi connectivity index (χ4v) is 4.25. The molecule has 1 aliphatic heterocycles. The Balaban J connectivity index is 1.54. The molecule has 2 heterocycles. The molecule has 0 saturated heterocycles. The van der Waals surface area contributed by atoms with E-state index in [9.17, 15) is 9.59 Å². The zero-order valence-electron chi connectivity index (χ0n) is 16.8. The monoisotopic (exact) mass is 485 g/mol. The minimum Gasteiger partial charge on any atom is -0.324 e. The van der Waals surface area contributed by atoms with E-state index < -0.39 is 0 Å². The molecule has 0 fully saturated rings. The maximum absolute atomic E-state index is 13.1. The minimum atomic E-state index is -0.285. The van der Waals surface area contributed by atoms with Crippen LogP contribution in [0, 0.1) is 0 Å². The van der Waals surface area contributed by atoms with Crippen LogP contribution in [0.2, 0.25) is 10.0 Å². The molecular weight excluding hydrogens is 469 g/mol. The molecule has 2 aromatic carbocycles. The molecule has 7 nitrogen and oxygen atoms in total. The summed E-state index contributed by atoms with van der Waals surface area (Å²) < 4.78 is 1.65. The number of thioether (sulfide) groups is 1. The molecule has 0 atom stereocenters. The van der Waals surface area contributed by atoms with Crippen molar-refractivity contribution in [3.05, 3.63) is 82.2 Å². The van der Waals surface area contributed by atoms with Gasteiger partial charge in [-0.05, 0) is 36.4 Å². The third-order valence-corrected chi connectivity index (χ3v) is 5.90. The van der Waals surface area contributed by atoms with Crippen LogP contribution in [-0.4, -0.2) is 32.5 Å². The highest BCUT2D eigenvalue weighted by Gasteiger charge is 2.32. The number of rotatable bonds is 5. The van der Waals surface area contributed by atoms with E-state index in [0.29, 0.717) is 26.6 Å². The lowest BCUT2D eigenvalue weighted by Gasteiger charge is -2.17. The van der Waals surface area contributed by atoms with Gasteiger partial charge in [0.15, 0.2) is 5.17 Å². The summed E-state index contributed by atoms with van der Waals surface area (Å²) in [5.41, 5.74) is 2.15. The van der Waals surface area contributed by atoms with E-state index in [0.717, 1.165) is 17.3 Å². The number of para-hydroxylation sites is 1. The Morgan fingerprint density at radius 3 is 2.66 bits per heavy atom. The van der Waals surface area contributed by atoms with Gasteiger partial charge < -0.3 is 5.32 Å². The molecule has 1 aliphatic rings. The fraction of sp³-hybridized carbons (Fsp3) is 0.0909. The number of carbonyl (C=O) groups is 2. The lowest BCUT2D eigenvalue weighted by atomic mass is 10.2. The molecule has 1 N–H and O–H groups in total. The average Bonchev–Trinajstić information content (AvgIpc) is 3.32. The second-order valence-corrected chi connectivity index (χ2v) is 8.59. The molecular formula is C22H17Cl2N5O2S. The van der Waals surface area contributed by atoms with Crippen LogP contribution in [0.25, 0.3) is 6.08 Å². The number of hydrogen-bond donors (Lipinski definition) is 1. The number of nitrogens with one attached hydrogen (secondary N) is 1. The molecule has 10 heteroatoms. The maximum atomic E-state index is 13.1. The van der Waals surface area contributed by atoms with E-state index in [1.165, 1.54) is 4.90 Å². The van der Waals surface area contributed by atoms with Crippen LogP contribution in [0.15, 0.2) is 71.6 Å². The third kappa shape index (κ3) is 5.04. The van der Waals surface area contributed by atoms with Crippen LogP contribution in [0.4, 0.5) is 11.4 Å². The number of halogens is 2. The van der Waals surface area contributed by atoms with Crippen LogP contribution >= 0.6 is 35.0 Å². The number of amidine groups is 1. The van der Waals surface area contributed by atoms with Crippen LogP contribution in [0.1, 0.15) is 5.56 Å². The van der Waals surface area contributed by atoms with Crippen molar-refractivity contribution in [1.29, 1.82) is 0 Å². The number of aliphatic imine (C=N–C) groups is 1. The molecule has 0 aliphatic carbocycles. The Morgan fingerprint density at radius 1 is 1.19 bits per heavy atom. The predicted molar refractivity (Wildman–Crippen MR) is 130 cm³/mol. The molecule has 3 aromatic rings. The van der Waals surface area contributed by atoms with Gasteiger partial charge in [-0.2, -0.15) is 5.10 Å². The maximum Gasteiger partial charge on any atom is 0.283 e. The van der Waals surface area contributed by atoms with E-state index in [-0.39, 0.29) is 23.3 Å². The van der Waals surface area contributed by atoms with E-state index in [1.807, 2.05) is 30.3 Å². The van der Waals surface area contributed by atoms with Gasteiger partial charge >= 0.3 is 0 Å². The fourth-order valence-electron chi connectivity index (χ4n) is 2.98. The average molecular weight is 486 g/mol. The van der Waals surface area contributed by atoms with Gasteiger partial charge in [0.2, 0.25) is 5.91 Å². The molecule has 0 spiro atoms. The van der Waals surface area contributed by atoms with Gasteiger partial charge in [-0.15, -0.1) is 0 Å². The molecule has 1 aromatic heterocycles. The van der Waals surface area contributed by atoms with Crippen molar-refractivity contribution in [2.24, 2.45) is 12.0 Å². The SMILES string of the molecule is Cn1cc(/C=C2/N=C(SCC(=O)Nc3ccc(Cl)cc3Cl)N(c3ccccc3)C2=O)cn1. The van der Waals surface area contributed by atoms with Crippen LogP contribution in [0.5, 0.6) is 0 Å². The van der Waals surface area contributed by atoms with Crippen LogP contribution < -0.4 is 10.2 Å². The van der Waals surface area contributed by atoms with Gasteiger partial charge in [-0.25, -0.2) is 4.99 Å². The zero-order chi connectivity index (χ0) is 22.7. The van der Waals surface area contributed by atoms with Gasteiger partial charge in [-0.1, -0.05) is 53.2 Å². The first-order chi connectivity index (χ1) is 15.4.